The Bertz CT molecular complexity index is 1070. The van der Waals surface area contributed by atoms with Crippen LogP contribution < -0.4 is 5.32 Å². The monoisotopic (exact) mass is 398 g/mol. The number of benzene rings is 1. The number of anilines is 1. The van der Waals surface area contributed by atoms with Crippen molar-refractivity contribution in [1.82, 2.24) is 15.0 Å². The van der Waals surface area contributed by atoms with Gasteiger partial charge in [-0.05, 0) is 30.5 Å². The molecule has 0 atom stereocenters. The van der Waals surface area contributed by atoms with Crippen molar-refractivity contribution < 1.29 is 4.79 Å². The summed E-state index contributed by atoms with van der Waals surface area (Å²) in [4.78, 5) is 26.3. The number of aryl methyl sites for hydroxylation is 1. The first-order chi connectivity index (χ1) is 12.7. The van der Waals surface area contributed by atoms with Crippen LogP contribution in [0.2, 0.25) is 0 Å². The number of hydrogen-bond donors (Lipinski definition) is 1. The third-order valence-corrected chi connectivity index (χ3v) is 6.23. The molecule has 0 saturated carbocycles. The number of fused-ring (bicyclic) bond motifs is 1. The zero-order valence-electron chi connectivity index (χ0n) is 13.8. The predicted molar refractivity (Wildman–Crippen MR) is 109 cm³/mol. The van der Waals surface area contributed by atoms with Gasteiger partial charge in [0, 0.05) is 22.0 Å². The van der Waals surface area contributed by atoms with Crippen molar-refractivity contribution in [2.24, 2.45) is 0 Å². The van der Waals surface area contributed by atoms with Gasteiger partial charge >= 0.3 is 0 Å². The summed E-state index contributed by atoms with van der Waals surface area (Å²) < 4.78 is 0. The fraction of sp³-hybridized carbons (Fsp3) is 0.111. The van der Waals surface area contributed by atoms with Crippen molar-refractivity contribution in [2.75, 3.05) is 11.1 Å². The molecule has 3 aromatic heterocycles. The number of hydrogen-bond acceptors (Lipinski definition) is 7. The van der Waals surface area contributed by atoms with Gasteiger partial charge in [0.15, 0.2) is 0 Å². The molecule has 0 aliphatic heterocycles. The normalized spacial score (nSPS) is 11.0. The molecule has 130 valence electrons. The molecule has 0 saturated heterocycles. The molecule has 0 bridgehead atoms. The Morgan fingerprint density at radius 1 is 1.23 bits per heavy atom. The molecule has 0 spiro atoms. The molecular weight excluding hydrogens is 384 g/mol. The van der Waals surface area contributed by atoms with Crippen LogP contribution in [0.25, 0.3) is 21.5 Å². The van der Waals surface area contributed by atoms with Crippen molar-refractivity contribution >= 4 is 56.2 Å². The number of rotatable bonds is 5. The number of carbonyl (C=O) groups is 1. The minimum atomic E-state index is -0.0661. The topological polar surface area (TPSA) is 67.8 Å². The van der Waals surface area contributed by atoms with Crippen LogP contribution in [0.5, 0.6) is 0 Å². The molecule has 8 heteroatoms. The van der Waals surface area contributed by atoms with Gasteiger partial charge < -0.3 is 5.32 Å². The van der Waals surface area contributed by atoms with Crippen molar-refractivity contribution in [3.8, 4) is 11.3 Å². The van der Waals surface area contributed by atoms with E-state index in [2.05, 4.69) is 20.3 Å². The largest absolute Gasteiger partial charge is 0.325 e. The summed E-state index contributed by atoms with van der Waals surface area (Å²) in [5.41, 5.74) is 2.69. The third kappa shape index (κ3) is 3.77. The first-order valence-electron chi connectivity index (χ1n) is 7.82. The molecule has 3 heterocycles. The quantitative estimate of drug-likeness (QED) is 0.384. The molecule has 0 aliphatic rings. The number of aromatic nitrogens is 3. The number of nitrogens with one attached hydrogen (secondary N) is 1. The van der Waals surface area contributed by atoms with E-state index in [0.29, 0.717) is 5.75 Å². The van der Waals surface area contributed by atoms with Crippen LogP contribution in [0.15, 0.2) is 52.4 Å². The second-order valence-corrected chi connectivity index (χ2v) is 8.41. The Kier molecular flexibility index (Phi) is 4.96. The molecular formula is C18H14N4OS3. The zero-order valence-corrected chi connectivity index (χ0v) is 16.3. The fourth-order valence-electron chi connectivity index (χ4n) is 2.47. The molecule has 0 aliphatic carbocycles. The second kappa shape index (κ2) is 7.53. The SMILES string of the molecule is Cc1nc(-c2cccc(NC(=O)CSc3ncnc4sccc34)c2)cs1. The van der Waals surface area contributed by atoms with Gasteiger partial charge in [-0.25, -0.2) is 15.0 Å². The minimum Gasteiger partial charge on any atom is -0.325 e. The van der Waals surface area contributed by atoms with E-state index < -0.39 is 0 Å². The lowest BCUT2D eigenvalue weighted by Crippen LogP contribution is -2.14. The Labute approximate surface area is 162 Å². The summed E-state index contributed by atoms with van der Waals surface area (Å²) in [5, 5.41) is 9.80. The highest BCUT2D eigenvalue weighted by Gasteiger charge is 2.10. The Hall–Kier alpha value is -2.29. The fourth-order valence-corrected chi connectivity index (χ4v) is 4.67. The van der Waals surface area contributed by atoms with Gasteiger partial charge in [-0.1, -0.05) is 23.9 Å². The maximum Gasteiger partial charge on any atom is 0.234 e. The summed E-state index contributed by atoms with van der Waals surface area (Å²) in [5.74, 6) is 0.228. The van der Waals surface area contributed by atoms with Crippen molar-refractivity contribution in [1.29, 1.82) is 0 Å². The van der Waals surface area contributed by atoms with Crippen molar-refractivity contribution in [3.63, 3.8) is 0 Å². The Morgan fingerprint density at radius 2 is 2.15 bits per heavy atom. The van der Waals surface area contributed by atoms with Gasteiger partial charge in [0.05, 0.1) is 16.5 Å². The lowest BCUT2D eigenvalue weighted by atomic mass is 10.1. The van der Waals surface area contributed by atoms with Gasteiger partial charge in [-0.2, -0.15) is 0 Å². The van der Waals surface area contributed by atoms with Crippen molar-refractivity contribution in [2.45, 2.75) is 11.9 Å². The van der Waals surface area contributed by atoms with E-state index in [-0.39, 0.29) is 5.91 Å². The summed E-state index contributed by atoms with van der Waals surface area (Å²) in [6.07, 6.45) is 1.54. The average Bonchev–Trinajstić information content (AvgIpc) is 3.29. The van der Waals surface area contributed by atoms with E-state index in [1.807, 2.05) is 48.0 Å². The summed E-state index contributed by atoms with van der Waals surface area (Å²) in [6, 6.07) is 9.73. The van der Waals surface area contributed by atoms with E-state index >= 15 is 0 Å². The van der Waals surface area contributed by atoms with Crippen LogP contribution in [0, 0.1) is 6.92 Å². The van der Waals surface area contributed by atoms with Crippen molar-refractivity contribution in [3.05, 3.63) is 52.4 Å². The highest BCUT2D eigenvalue weighted by Crippen LogP contribution is 2.28. The van der Waals surface area contributed by atoms with Crippen LogP contribution in [0.1, 0.15) is 5.01 Å². The van der Waals surface area contributed by atoms with E-state index in [9.17, 15) is 4.79 Å². The lowest BCUT2D eigenvalue weighted by molar-refractivity contribution is -0.113. The second-order valence-electron chi connectivity index (χ2n) is 5.49. The number of carbonyl (C=O) groups excluding carboxylic acids is 1. The van der Waals surface area contributed by atoms with Crippen LogP contribution >= 0.6 is 34.4 Å². The molecule has 1 amide bonds. The molecule has 5 nitrogen and oxygen atoms in total. The van der Waals surface area contributed by atoms with Crippen LogP contribution in [0.4, 0.5) is 5.69 Å². The zero-order chi connectivity index (χ0) is 17.9. The number of thiazole rings is 1. The molecule has 26 heavy (non-hydrogen) atoms. The molecule has 0 radical (unpaired) electrons. The maximum atomic E-state index is 12.3. The maximum absolute atomic E-state index is 12.3. The summed E-state index contributed by atoms with van der Waals surface area (Å²) in [6.45, 7) is 1.98. The standard InChI is InChI=1S/C18H14N4OS3/c1-11-21-15(8-25-11)12-3-2-4-13(7-12)22-16(23)9-26-18-14-5-6-24-17(14)19-10-20-18/h2-8,10H,9H2,1H3,(H,22,23). The first-order valence-corrected chi connectivity index (χ1v) is 10.6. The van der Waals surface area contributed by atoms with Gasteiger partial charge in [-0.15, -0.1) is 22.7 Å². The van der Waals surface area contributed by atoms with E-state index in [1.165, 1.54) is 11.8 Å². The van der Waals surface area contributed by atoms with Gasteiger partial charge in [0.25, 0.3) is 0 Å². The smallest absolute Gasteiger partial charge is 0.234 e. The molecule has 0 fully saturated rings. The van der Waals surface area contributed by atoms with Crippen LogP contribution in [-0.2, 0) is 4.79 Å². The van der Waals surface area contributed by atoms with Crippen LogP contribution in [-0.4, -0.2) is 26.6 Å². The average molecular weight is 399 g/mol. The first kappa shape index (κ1) is 17.1. The van der Waals surface area contributed by atoms with Gasteiger partial charge in [0.2, 0.25) is 5.91 Å². The molecule has 4 aromatic rings. The van der Waals surface area contributed by atoms with E-state index in [0.717, 1.165) is 37.2 Å². The predicted octanol–water partition coefficient (Wildman–Crippen LogP) is 4.85. The minimum absolute atomic E-state index is 0.0661. The summed E-state index contributed by atoms with van der Waals surface area (Å²) >= 11 is 4.60. The number of amides is 1. The number of thioether (sulfide) groups is 1. The Morgan fingerprint density at radius 3 is 3.00 bits per heavy atom. The highest BCUT2D eigenvalue weighted by atomic mass is 32.2. The molecule has 1 aromatic carbocycles. The number of nitrogens with zero attached hydrogens (tertiary/aromatic N) is 3. The van der Waals surface area contributed by atoms with Crippen LogP contribution in [0.3, 0.4) is 0 Å². The van der Waals surface area contributed by atoms with E-state index in [1.54, 1.807) is 29.0 Å². The summed E-state index contributed by atoms with van der Waals surface area (Å²) in [7, 11) is 0. The van der Waals surface area contributed by atoms with E-state index in [4.69, 9.17) is 0 Å². The lowest BCUT2D eigenvalue weighted by Gasteiger charge is -2.07. The molecule has 4 rings (SSSR count). The molecule has 1 N–H and O–H groups in total. The van der Waals surface area contributed by atoms with Gasteiger partial charge in [-0.3, -0.25) is 4.79 Å². The Balaban J connectivity index is 1.43. The number of thiophene rings is 1. The molecule has 0 unspecified atom stereocenters. The van der Waals surface area contributed by atoms with Gasteiger partial charge in [0.1, 0.15) is 16.2 Å². The third-order valence-electron chi connectivity index (χ3n) is 3.63. The highest BCUT2D eigenvalue weighted by molar-refractivity contribution is 8.00.